The van der Waals surface area contributed by atoms with Crippen LogP contribution in [0.2, 0.25) is 0 Å². The van der Waals surface area contributed by atoms with Crippen molar-refractivity contribution in [1.82, 2.24) is 20.2 Å². The predicted molar refractivity (Wildman–Crippen MR) is 103 cm³/mol. The molecule has 0 aromatic carbocycles. The van der Waals surface area contributed by atoms with Gasteiger partial charge in [-0.05, 0) is 24.7 Å². The molecule has 0 bridgehead atoms. The Labute approximate surface area is 157 Å². The van der Waals surface area contributed by atoms with Crippen molar-refractivity contribution in [3.05, 3.63) is 63.8 Å². The van der Waals surface area contributed by atoms with Gasteiger partial charge in [0.25, 0.3) is 11.5 Å². The van der Waals surface area contributed by atoms with E-state index in [9.17, 15) is 14.4 Å². The first-order chi connectivity index (χ1) is 13.0. The van der Waals surface area contributed by atoms with E-state index in [-0.39, 0.29) is 30.5 Å². The second-order valence-corrected chi connectivity index (χ2v) is 5.37. The molecule has 2 heterocycles. The Hall–Kier alpha value is -3.33. The SMILES string of the molecule is CC(=O)NCc1ccc(Cn2cc(C(=O)NCC=N)ccc2=O)cn1.CN. The van der Waals surface area contributed by atoms with Crippen LogP contribution in [-0.2, 0) is 17.9 Å². The molecular formula is C18H24N6O3. The number of hydrogen-bond donors (Lipinski definition) is 4. The lowest BCUT2D eigenvalue weighted by Crippen LogP contribution is -2.28. The van der Waals surface area contributed by atoms with Gasteiger partial charge in [0, 0.05) is 31.6 Å². The Bertz CT molecular complexity index is 830. The number of carbonyl (C=O) groups excluding carboxylic acids is 2. The minimum Gasteiger partial charge on any atom is -0.351 e. The summed E-state index contributed by atoms with van der Waals surface area (Å²) in [6.45, 7) is 2.19. The molecule has 2 rings (SSSR count). The van der Waals surface area contributed by atoms with Crippen molar-refractivity contribution in [1.29, 1.82) is 5.41 Å². The Morgan fingerprint density at radius 1 is 1.22 bits per heavy atom. The molecule has 2 aromatic rings. The molecule has 0 spiro atoms. The molecule has 2 amide bonds. The Balaban J connectivity index is 0.00000176. The molecule has 27 heavy (non-hydrogen) atoms. The van der Waals surface area contributed by atoms with Crippen LogP contribution in [0.3, 0.4) is 0 Å². The van der Waals surface area contributed by atoms with Gasteiger partial charge in [-0.15, -0.1) is 0 Å². The van der Waals surface area contributed by atoms with E-state index >= 15 is 0 Å². The van der Waals surface area contributed by atoms with Gasteiger partial charge in [0.1, 0.15) is 0 Å². The van der Waals surface area contributed by atoms with Crippen LogP contribution in [0.5, 0.6) is 0 Å². The monoisotopic (exact) mass is 372 g/mol. The summed E-state index contributed by atoms with van der Waals surface area (Å²) in [7, 11) is 1.50. The topological polar surface area (TPSA) is 143 Å². The maximum absolute atomic E-state index is 12.0. The summed E-state index contributed by atoms with van der Waals surface area (Å²) < 4.78 is 1.42. The van der Waals surface area contributed by atoms with Crippen LogP contribution in [-0.4, -0.2) is 41.2 Å². The van der Waals surface area contributed by atoms with Crippen molar-refractivity contribution in [2.75, 3.05) is 13.6 Å². The predicted octanol–water partition coefficient (Wildman–Crippen LogP) is -0.118. The molecule has 0 fully saturated rings. The number of nitrogens with one attached hydrogen (secondary N) is 3. The van der Waals surface area contributed by atoms with Crippen molar-refractivity contribution in [2.45, 2.75) is 20.0 Å². The smallest absolute Gasteiger partial charge is 0.253 e. The molecule has 0 radical (unpaired) electrons. The van der Waals surface area contributed by atoms with Crippen molar-refractivity contribution >= 4 is 18.0 Å². The molecule has 0 unspecified atom stereocenters. The van der Waals surface area contributed by atoms with Crippen LogP contribution >= 0.6 is 0 Å². The summed E-state index contributed by atoms with van der Waals surface area (Å²) in [4.78, 5) is 39.0. The van der Waals surface area contributed by atoms with Gasteiger partial charge in [-0.1, -0.05) is 6.07 Å². The third-order valence-corrected chi connectivity index (χ3v) is 3.37. The van der Waals surface area contributed by atoms with E-state index in [4.69, 9.17) is 5.41 Å². The number of nitrogens with two attached hydrogens (primary N) is 1. The molecule has 0 saturated heterocycles. The van der Waals surface area contributed by atoms with Crippen LogP contribution in [0.4, 0.5) is 0 Å². The maximum atomic E-state index is 12.0. The van der Waals surface area contributed by atoms with Gasteiger partial charge in [0.15, 0.2) is 0 Å². The van der Waals surface area contributed by atoms with E-state index in [0.29, 0.717) is 17.8 Å². The summed E-state index contributed by atoms with van der Waals surface area (Å²) >= 11 is 0. The van der Waals surface area contributed by atoms with Crippen molar-refractivity contribution < 1.29 is 9.59 Å². The highest BCUT2D eigenvalue weighted by molar-refractivity contribution is 5.94. The zero-order chi connectivity index (χ0) is 20.2. The van der Waals surface area contributed by atoms with Gasteiger partial charge in [-0.25, -0.2) is 0 Å². The zero-order valence-electron chi connectivity index (χ0n) is 15.4. The van der Waals surface area contributed by atoms with Crippen LogP contribution < -0.4 is 21.9 Å². The van der Waals surface area contributed by atoms with Crippen molar-refractivity contribution in [3.8, 4) is 0 Å². The van der Waals surface area contributed by atoms with E-state index in [0.717, 1.165) is 11.8 Å². The summed E-state index contributed by atoms with van der Waals surface area (Å²) in [5.41, 5.74) is 6.12. The molecule has 144 valence electrons. The summed E-state index contributed by atoms with van der Waals surface area (Å²) in [6, 6.07) is 6.38. The second-order valence-electron chi connectivity index (χ2n) is 5.37. The van der Waals surface area contributed by atoms with Crippen LogP contribution in [0, 0.1) is 5.41 Å². The minimum absolute atomic E-state index is 0.129. The highest BCUT2D eigenvalue weighted by Gasteiger charge is 2.07. The van der Waals surface area contributed by atoms with Gasteiger partial charge in [0.2, 0.25) is 5.91 Å². The first kappa shape index (κ1) is 21.7. The largest absolute Gasteiger partial charge is 0.351 e. The van der Waals surface area contributed by atoms with Gasteiger partial charge in [-0.3, -0.25) is 19.4 Å². The van der Waals surface area contributed by atoms with Crippen molar-refractivity contribution in [3.63, 3.8) is 0 Å². The molecule has 0 aliphatic rings. The standard InChI is InChI=1S/C17H19N5O3.CH5N/c1-12(23)20-9-15-4-2-13(8-21-15)10-22-11-14(3-5-16(22)24)17(25)19-7-6-18;1-2/h2-6,8,11,18H,7,9-10H2,1H3,(H,19,25)(H,20,23);2H2,1H3. The fourth-order valence-electron chi connectivity index (χ4n) is 2.10. The van der Waals surface area contributed by atoms with E-state index < -0.39 is 0 Å². The van der Waals surface area contributed by atoms with E-state index in [1.54, 1.807) is 12.3 Å². The third-order valence-electron chi connectivity index (χ3n) is 3.37. The average Bonchev–Trinajstić information content (AvgIpc) is 2.68. The van der Waals surface area contributed by atoms with Gasteiger partial charge < -0.3 is 26.3 Å². The Kier molecular flexibility index (Phi) is 9.10. The molecule has 5 N–H and O–H groups in total. The number of amides is 2. The molecule has 0 atom stereocenters. The minimum atomic E-state index is -0.346. The van der Waals surface area contributed by atoms with E-state index in [1.807, 2.05) is 6.07 Å². The number of rotatable bonds is 7. The highest BCUT2D eigenvalue weighted by atomic mass is 16.2. The molecule has 9 heteroatoms. The lowest BCUT2D eigenvalue weighted by molar-refractivity contribution is -0.119. The number of aromatic nitrogens is 2. The number of nitrogens with zero attached hydrogens (tertiary/aromatic N) is 2. The normalized spacial score (nSPS) is 9.59. The quantitative estimate of drug-likeness (QED) is 0.501. The lowest BCUT2D eigenvalue weighted by atomic mass is 10.2. The summed E-state index contributed by atoms with van der Waals surface area (Å²) in [5.74, 6) is -0.475. The first-order valence-corrected chi connectivity index (χ1v) is 8.23. The average molecular weight is 372 g/mol. The Morgan fingerprint density at radius 2 is 1.96 bits per heavy atom. The van der Waals surface area contributed by atoms with Crippen LogP contribution in [0.25, 0.3) is 0 Å². The maximum Gasteiger partial charge on any atom is 0.253 e. The summed E-state index contributed by atoms with van der Waals surface area (Å²) in [5, 5.41) is 12.1. The Morgan fingerprint density at radius 3 is 2.56 bits per heavy atom. The van der Waals surface area contributed by atoms with E-state index in [1.165, 1.54) is 36.9 Å². The second kappa shape index (κ2) is 11.3. The van der Waals surface area contributed by atoms with Gasteiger partial charge in [-0.2, -0.15) is 0 Å². The molecule has 0 saturated carbocycles. The highest BCUT2D eigenvalue weighted by Crippen LogP contribution is 2.04. The van der Waals surface area contributed by atoms with Crippen molar-refractivity contribution in [2.24, 2.45) is 5.73 Å². The fourth-order valence-corrected chi connectivity index (χ4v) is 2.10. The first-order valence-electron chi connectivity index (χ1n) is 8.23. The van der Waals surface area contributed by atoms with Gasteiger partial charge in [0.05, 0.1) is 30.9 Å². The summed E-state index contributed by atoms with van der Waals surface area (Å²) in [6.07, 6.45) is 4.19. The molecule has 9 nitrogen and oxygen atoms in total. The molecule has 0 aliphatic heterocycles. The number of hydrogen-bond acceptors (Lipinski definition) is 6. The lowest BCUT2D eigenvalue weighted by Gasteiger charge is -2.09. The fraction of sp³-hybridized carbons (Fsp3) is 0.278. The molecule has 2 aromatic heterocycles. The van der Waals surface area contributed by atoms with Crippen LogP contribution in [0.15, 0.2) is 41.5 Å². The molecule has 0 aliphatic carbocycles. The van der Waals surface area contributed by atoms with Crippen LogP contribution in [0.1, 0.15) is 28.5 Å². The zero-order valence-corrected chi connectivity index (χ0v) is 15.4. The number of pyridine rings is 2. The van der Waals surface area contributed by atoms with E-state index in [2.05, 4.69) is 21.4 Å². The molecular weight excluding hydrogens is 348 g/mol. The third kappa shape index (κ3) is 7.20. The number of carbonyl (C=O) groups is 2. The van der Waals surface area contributed by atoms with Gasteiger partial charge >= 0.3 is 0 Å².